The van der Waals surface area contributed by atoms with E-state index in [2.05, 4.69) is 17.4 Å². The van der Waals surface area contributed by atoms with E-state index < -0.39 is 8.25 Å². The second-order valence-electron chi connectivity index (χ2n) is 1.98. The highest BCUT2D eigenvalue weighted by Crippen LogP contribution is 1.98. The summed E-state index contributed by atoms with van der Waals surface area (Å²) in [7, 11) is -2.87. The first-order valence-electron chi connectivity index (χ1n) is 2.31. The topological polar surface area (TPSA) is 57.5 Å². The molecule has 48 valence electrons. The molecule has 0 rings (SSSR count). The van der Waals surface area contributed by atoms with Crippen LogP contribution in [0.1, 0.15) is 0 Å². The third kappa shape index (κ3) is 662. The summed E-state index contributed by atoms with van der Waals surface area (Å²) in [4.78, 5) is 14.2. The van der Waals surface area contributed by atoms with E-state index in [1.54, 1.807) is 0 Å². The van der Waals surface area contributed by atoms with Crippen molar-refractivity contribution in [2.45, 2.75) is 17.4 Å². The largest absolute Gasteiger partial charge is 0.692 e. The summed E-state index contributed by atoms with van der Waals surface area (Å²) in [5.74, 6) is 6.92. The van der Waals surface area contributed by atoms with E-state index in [4.69, 9.17) is 14.4 Å². The summed E-state index contributed by atoms with van der Waals surface area (Å²) in [6.45, 7) is 0. The van der Waals surface area contributed by atoms with Gasteiger partial charge in [-0.3, -0.25) is 0 Å². The van der Waals surface area contributed by atoms with E-state index in [9.17, 15) is 0 Å². The first kappa shape index (κ1) is 11.4. The van der Waals surface area contributed by atoms with Crippen LogP contribution in [0.5, 0.6) is 0 Å². The van der Waals surface area contributed by atoms with Gasteiger partial charge in [-0.1, -0.05) is 0 Å². The van der Waals surface area contributed by atoms with Crippen molar-refractivity contribution >= 4 is 22.4 Å². The zero-order valence-electron chi connectivity index (χ0n) is 5.33. The van der Waals surface area contributed by atoms with Crippen LogP contribution < -0.4 is 0 Å². The zero-order valence-corrected chi connectivity index (χ0v) is 7.38. The molecular formula is C3H11AlO3P+. The molecule has 5 heteroatoms. The Morgan fingerprint density at radius 1 is 1.25 bits per heavy atom. The van der Waals surface area contributed by atoms with Crippen LogP contribution in [0.4, 0.5) is 0 Å². The molecule has 0 bridgehead atoms. The molecular weight excluding hydrogens is 142 g/mol. The Bertz CT molecular complexity index is 58.8. The standard InChI is InChI=1S/3CH3.Al.HO3P/c;;;;1-4(2)3/h3*1H3;;(H-,1,2,3)/p+1. The second-order valence-corrected chi connectivity index (χ2v) is 5.95. The Kier molecular flexibility index (Phi) is 10.7. The van der Waals surface area contributed by atoms with Gasteiger partial charge in [-0.05, 0) is 0 Å². The van der Waals surface area contributed by atoms with Gasteiger partial charge in [0.1, 0.15) is 0 Å². The normalized spacial score (nSPS) is 6.62. The molecule has 8 heavy (non-hydrogen) atoms. The van der Waals surface area contributed by atoms with E-state index >= 15 is 0 Å². The molecule has 0 aliphatic rings. The van der Waals surface area contributed by atoms with Gasteiger partial charge >= 0.3 is 8.25 Å². The van der Waals surface area contributed by atoms with Gasteiger partial charge in [0.2, 0.25) is 0 Å². The van der Waals surface area contributed by atoms with Crippen molar-refractivity contribution in [3.05, 3.63) is 0 Å². The molecule has 0 atom stereocenters. The first-order chi connectivity index (χ1) is 3.46. The van der Waals surface area contributed by atoms with Crippen molar-refractivity contribution < 1.29 is 14.4 Å². The lowest BCUT2D eigenvalue weighted by atomic mass is 11.8. The van der Waals surface area contributed by atoms with Crippen LogP contribution in [0.15, 0.2) is 0 Å². The average molecular weight is 153 g/mol. The lowest BCUT2D eigenvalue weighted by Gasteiger charge is -1.67. The van der Waals surface area contributed by atoms with Crippen LogP contribution in [0.2, 0.25) is 17.4 Å². The molecule has 0 amide bonds. The predicted octanol–water partition coefficient (Wildman–Crippen LogP) is 0.999. The summed E-state index contributed by atoms with van der Waals surface area (Å²) in [5.41, 5.74) is 0. The Labute approximate surface area is 54.7 Å². The number of hydrogen-bond donors (Lipinski definition) is 2. The lowest BCUT2D eigenvalue weighted by Crippen LogP contribution is -1.84. The molecule has 0 saturated heterocycles. The van der Waals surface area contributed by atoms with Crippen molar-refractivity contribution in [1.82, 2.24) is 0 Å². The van der Waals surface area contributed by atoms with Crippen LogP contribution in [-0.2, 0) is 4.57 Å². The second kappa shape index (κ2) is 7.55. The molecule has 2 N–H and O–H groups in total. The van der Waals surface area contributed by atoms with Crippen molar-refractivity contribution in [1.29, 1.82) is 0 Å². The van der Waals surface area contributed by atoms with Crippen LogP contribution >= 0.6 is 8.25 Å². The number of hydrogen-bond acceptors (Lipinski definition) is 1. The molecule has 0 unspecified atom stereocenters. The molecule has 0 heterocycles. The Hall–Kier alpha value is 0.552. The first-order valence-corrected chi connectivity index (χ1v) is 6.94. The lowest BCUT2D eigenvalue weighted by molar-refractivity contribution is 0.405. The summed E-state index contributed by atoms with van der Waals surface area (Å²) in [5, 5.41) is 0. The maximum atomic E-state index is 8.70. The summed E-state index contributed by atoms with van der Waals surface area (Å²) >= 11 is -0.139. The summed E-state index contributed by atoms with van der Waals surface area (Å²) < 4.78 is 8.70. The molecule has 0 aromatic rings. The minimum atomic E-state index is -2.87. The molecule has 0 aliphatic heterocycles. The third-order valence-corrected chi connectivity index (χ3v) is 0. The molecule has 0 radical (unpaired) electrons. The number of rotatable bonds is 0. The van der Waals surface area contributed by atoms with Crippen molar-refractivity contribution in [2.24, 2.45) is 0 Å². The Morgan fingerprint density at radius 2 is 1.25 bits per heavy atom. The van der Waals surface area contributed by atoms with Gasteiger partial charge in [0.25, 0.3) is 14.1 Å². The molecule has 0 aromatic carbocycles. The molecule has 0 fully saturated rings. The van der Waals surface area contributed by atoms with Gasteiger partial charge in [-0.15, -0.1) is 27.1 Å². The minimum absolute atomic E-state index is 0.139. The quantitative estimate of drug-likeness (QED) is 0.403. The van der Waals surface area contributed by atoms with Gasteiger partial charge in [0, 0.05) is 4.57 Å². The van der Waals surface area contributed by atoms with E-state index in [-0.39, 0.29) is 14.1 Å². The zero-order chi connectivity index (χ0) is 7.15. The maximum absolute atomic E-state index is 8.70. The summed E-state index contributed by atoms with van der Waals surface area (Å²) in [6, 6.07) is 0. The Balaban J connectivity index is 0. The van der Waals surface area contributed by atoms with Gasteiger partial charge in [-0.2, -0.15) is 0 Å². The van der Waals surface area contributed by atoms with Crippen molar-refractivity contribution in [3.63, 3.8) is 0 Å². The fourth-order valence-corrected chi connectivity index (χ4v) is 0. The molecule has 3 nitrogen and oxygen atoms in total. The fraction of sp³-hybridized carbons (Fsp3) is 1.00. The fourth-order valence-electron chi connectivity index (χ4n) is 0. The van der Waals surface area contributed by atoms with Crippen molar-refractivity contribution in [3.8, 4) is 0 Å². The van der Waals surface area contributed by atoms with E-state index in [0.29, 0.717) is 0 Å². The highest BCUT2D eigenvalue weighted by atomic mass is 31.1. The highest BCUT2D eigenvalue weighted by molar-refractivity contribution is 7.30. The minimum Gasteiger partial charge on any atom is -0.134 e. The molecule has 0 spiro atoms. The molecule has 0 aliphatic carbocycles. The smallest absolute Gasteiger partial charge is 0.134 e. The molecule has 0 aromatic heterocycles. The van der Waals surface area contributed by atoms with E-state index in [1.807, 2.05) is 0 Å². The average Bonchev–Trinajstić information content (AvgIpc) is 1.25. The van der Waals surface area contributed by atoms with Crippen molar-refractivity contribution in [2.75, 3.05) is 0 Å². The van der Waals surface area contributed by atoms with Crippen LogP contribution in [0.3, 0.4) is 0 Å². The monoisotopic (exact) mass is 153 g/mol. The van der Waals surface area contributed by atoms with Crippen LogP contribution in [-0.4, -0.2) is 23.9 Å². The Morgan fingerprint density at radius 3 is 1.25 bits per heavy atom. The predicted molar refractivity (Wildman–Crippen MR) is 35.4 cm³/mol. The van der Waals surface area contributed by atoms with Crippen LogP contribution in [0, 0.1) is 0 Å². The van der Waals surface area contributed by atoms with Gasteiger partial charge in [-0.25, -0.2) is 0 Å². The highest BCUT2D eigenvalue weighted by Gasteiger charge is 1.93. The van der Waals surface area contributed by atoms with Crippen LogP contribution in [0.25, 0.3) is 0 Å². The summed E-state index contributed by atoms with van der Waals surface area (Å²) in [6.07, 6.45) is 0. The maximum Gasteiger partial charge on any atom is 0.692 e. The third-order valence-electron chi connectivity index (χ3n) is 0. The van der Waals surface area contributed by atoms with E-state index in [1.165, 1.54) is 0 Å². The van der Waals surface area contributed by atoms with E-state index in [0.717, 1.165) is 0 Å². The molecule has 0 saturated carbocycles. The van der Waals surface area contributed by atoms with Gasteiger partial charge < -0.3 is 0 Å². The van der Waals surface area contributed by atoms with Gasteiger partial charge in [0.05, 0.1) is 0 Å². The SMILES string of the molecule is O=[P+](O)O.[CH3][Al]([CH3])[CH3]. The van der Waals surface area contributed by atoms with Gasteiger partial charge in [0.15, 0.2) is 0 Å².